The average molecular weight is 404 g/mol. The summed E-state index contributed by atoms with van der Waals surface area (Å²) in [6.07, 6.45) is 0.314. The minimum atomic E-state index is -0.0582. The van der Waals surface area contributed by atoms with Crippen molar-refractivity contribution in [2.75, 3.05) is 31.0 Å². The highest BCUT2D eigenvalue weighted by atomic mass is 16.6. The van der Waals surface area contributed by atoms with Crippen molar-refractivity contribution in [3.05, 3.63) is 77.9 Å². The molecule has 1 aliphatic rings. The Morgan fingerprint density at radius 1 is 0.867 bits per heavy atom. The molecule has 3 aromatic rings. The maximum absolute atomic E-state index is 12.3. The van der Waals surface area contributed by atoms with Gasteiger partial charge in [0, 0.05) is 17.9 Å². The van der Waals surface area contributed by atoms with Crippen molar-refractivity contribution in [1.82, 2.24) is 0 Å². The number of carbonyl (C=O) groups is 1. The Morgan fingerprint density at radius 2 is 1.53 bits per heavy atom. The zero-order valence-corrected chi connectivity index (χ0v) is 16.8. The summed E-state index contributed by atoms with van der Waals surface area (Å²) < 4.78 is 16.3. The summed E-state index contributed by atoms with van der Waals surface area (Å²) in [7, 11) is 1.61. The highest BCUT2D eigenvalue weighted by Crippen LogP contribution is 2.31. The number of nitrogens with one attached hydrogen (secondary N) is 2. The first-order valence-electron chi connectivity index (χ1n) is 9.85. The van der Waals surface area contributed by atoms with Crippen molar-refractivity contribution in [3.63, 3.8) is 0 Å². The highest BCUT2D eigenvalue weighted by Gasteiger charge is 2.11. The molecule has 0 fully saturated rings. The van der Waals surface area contributed by atoms with Gasteiger partial charge in [0.2, 0.25) is 5.91 Å². The van der Waals surface area contributed by atoms with Crippen LogP contribution in [0.5, 0.6) is 17.2 Å². The van der Waals surface area contributed by atoms with Crippen molar-refractivity contribution < 1.29 is 19.0 Å². The zero-order chi connectivity index (χ0) is 20.8. The van der Waals surface area contributed by atoms with Crippen molar-refractivity contribution in [2.24, 2.45) is 0 Å². The Bertz CT molecular complexity index is 1000. The molecule has 1 aliphatic heterocycles. The summed E-state index contributed by atoms with van der Waals surface area (Å²) in [5.74, 6) is 2.28. The van der Waals surface area contributed by atoms with E-state index < -0.39 is 0 Å². The van der Waals surface area contributed by atoms with E-state index in [1.54, 1.807) is 7.11 Å². The lowest BCUT2D eigenvalue weighted by Crippen LogP contribution is -2.15. The molecule has 4 rings (SSSR count). The van der Waals surface area contributed by atoms with Crippen LogP contribution in [0.15, 0.2) is 66.7 Å². The topological polar surface area (TPSA) is 68.8 Å². The lowest BCUT2D eigenvalue weighted by Gasteiger charge is -2.19. The molecule has 3 aromatic carbocycles. The maximum Gasteiger partial charge on any atom is 0.228 e. The molecular weight excluding hydrogens is 380 g/mol. The Balaban J connectivity index is 1.28. The second kappa shape index (κ2) is 9.22. The second-order valence-electron chi connectivity index (χ2n) is 6.98. The smallest absolute Gasteiger partial charge is 0.228 e. The van der Waals surface area contributed by atoms with Crippen molar-refractivity contribution >= 4 is 17.3 Å². The molecule has 0 atom stereocenters. The van der Waals surface area contributed by atoms with E-state index in [0.29, 0.717) is 26.2 Å². The maximum atomic E-state index is 12.3. The summed E-state index contributed by atoms with van der Waals surface area (Å²) >= 11 is 0. The van der Waals surface area contributed by atoms with E-state index >= 15 is 0 Å². The Morgan fingerprint density at radius 3 is 2.27 bits per heavy atom. The second-order valence-corrected chi connectivity index (χ2v) is 6.98. The molecule has 6 heteroatoms. The first kappa shape index (κ1) is 19.6. The number of anilines is 2. The minimum absolute atomic E-state index is 0.0582. The summed E-state index contributed by atoms with van der Waals surface area (Å²) in [5.41, 5.74) is 3.80. The standard InChI is InChI=1S/C24H24N2O4/c1-28-21-9-7-20(8-10-21)26-24(27)15-17-2-5-19(6-3-17)25-16-18-4-11-22-23(14-18)30-13-12-29-22/h2-11,14,25H,12-13,15-16H2,1H3,(H,26,27). The molecule has 2 N–H and O–H groups in total. The number of methoxy groups -OCH3 is 1. The molecule has 30 heavy (non-hydrogen) atoms. The molecule has 1 amide bonds. The fraction of sp³-hybridized carbons (Fsp3) is 0.208. The number of benzene rings is 3. The monoisotopic (exact) mass is 404 g/mol. The zero-order valence-electron chi connectivity index (χ0n) is 16.8. The Hall–Kier alpha value is -3.67. The van der Waals surface area contributed by atoms with Crippen LogP contribution in [-0.4, -0.2) is 26.2 Å². The number of fused-ring (bicyclic) bond motifs is 1. The number of amides is 1. The fourth-order valence-electron chi connectivity index (χ4n) is 3.21. The first-order chi connectivity index (χ1) is 14.7. The van der Waals surface area contributed by atoms with Gasteiger partial charge in [-0.05, 0) is 59.7 Å². The van der Waals surface area contributed by atoms with Crippen LogP contribution in [0.3, 0.4) is 0 Å². The van der Waals surface area contributed by atoms with Gasteiger partial charge in [0.15, 0.2) is 11.5 Å². The third-order valence-corrected chi connectivity index (χ3v) is 4.80. The van der Waals surface area contributed by atoms with Gasteiger partial charge in [0.25, 0.3) is 0 Å². The SMILES string of the molecule is COc1ccc(NC(=O)Cc2ccc(NCc3ccc4c(c3)OCCO4)cc2)cc1. The summed E-state index contributed by atoms with van der Waals surface area (Å²) in [4.78, 5) is 12.3. The van der Waals surface area contributed by atoms with Crippen LogP contribution in [0, 0.1) is 0 Å². The Kier molecular flexibility index (Phi) is 6.03. The van der Waals surface area contributed by atoms with Crippen LogP contribution in [0.2, 0.25) is 0 Å². The number of rotatable bonds is 7. The number of hydrogen-bond acceptors (Lipinski definition) is 5. The van der Waals surface area contributed by atoms with Gasteiger partial charge >= 0.3 is 0 Å². The van der Waals surface area contributed by atoms with Gasteiger partial charge in [0.05, 0.1) is 13.5 Å². The minimum Gasteiger partial charge on any atom is -0.497 e. The van der Waals surface area contributed by atoms with Gasteiger partial charge < -0.3 is 24.8 Å². The van der Waals surface area contributed by atoms with E-state index in [2.05, 4.69) is 10.6 Å². The van der Waals surface area contributed by atoms with Crippen LogP contribution >= 0.6 is 0 Å². The van der Waals surface area contributed by atoms with E-state index in [0.717, 1.165) is 39.8 Å². The van der Waals surface area contributed by atoms with Crippen LogP contribution in [0.25, 0.3) is 0 Å². The fourth-order valence-corrected chi connectivity index (χ4v) is 3.21. The molecule has 0 spiro atoms. The highest BCUT2D eigenvalue weighted by molar-refractivity contribution is 5.92. The van der Waals surface area contributed by atoms with E-state index in [-0.39, 0.29) is 5.91 Å². The van der Waals surface area contributed by atoms with Gasteiger partial charge in [-0.2, -0.15) is 0 Å². The van der Waals surface area contributed by atoms with Crippen molar-refractivity contribution in [3.8, 4) is 17.2 Å². The van der Waals surface area contributed by atoms with Gasteiger partial charge in [-0.15, -0.1) is 0 Å². The number of ether oxygens (including phenoxy) is 3. The lowest BCUT2D eigenvalue weighted by atomic mass is 10.1. The predicted octanol–water partition coefficient (Wildman–Crippen LogP) is 4.26. The molecular formula is C24H24N2O4. The molecule has 0 saturated carbocycles. The van der Waals surface area contributed by atoms with Crippen LogP contribution in [0.1, 0.15) is 11.1 Å². The lowest BCUT2D eigenvalue weighted by molar-refractivity contribution is -0.115. The third-order valence-electron chi connectivity index (χ3n) is 4.80. The van der Waals surface area contributed by atoms with E-state index in [1.165, 1.54) is 0 Å². The van der Waals surface area contributed by atoms with E-state index in [9.17, 15) is 4.79 Å². The van der Waals surface area contributed by atoms with Gasteiger partial charge in [0.1, 0.15) is 19.0 Å². The number of hydrogen-bond donors (Lipinski definition) is 2. The summed E-state index contributed by atoms with van der Waals surface area (Å²) in [5, 5.41) is 6.29. The molecule has 0 unspecified atom stereocenters. The first-order valence-corrected chi connectivity index (χ1v) is 9.85. The molecule has 0 saturated heterocycles. The normalized spacial score (nSPS) is 12.2. The van der Waals surface area contributed by atoms with Gasteiger partial charge in [-0.25, -0.2) is 0 Å². The molecule has 0 bridgehead atoms. The number of carbonyl (C=O) groups excluding carboxylic acids is 1. The molecule has 0 aromatic heterocycles. The van der Waals surface area contributed by atoms with Gasteiger partial charge in [-0.1, -0.05) is 18.2 Å². The molecule has 6 nitrogen and oxygen atoms in total. The molecule has 0 radical (unpaired) electrons. The quantitative estimate of drug-likeness (QED) is 0.616. The molecule has 0 aliphatic carbocycles. The Labute approximate surface area is 175 Å². The van der Waals surface area contributed by atoms with Crippen LogP contribution < -0.4 is 24.8 Å². The van der Waals surface area contributed by atoms with Crippen molar-refractivity contribution in [1.29, 1.82) is 0 Å². The third kappa shape index (κ3) is 5.03. The van der Waals surface area contributed by atoms with Gasteiger partial charge in [-0.3, -0.25) is 4.79 Å². The summed E-state index contributed by atoms with van der Waals surface area (Å²) in [6.45, 7) is 1.85. The van der Waals surface area contributed by atoms with Crippen LogP contribution in [0.4, 0.5) is 11.4 Å². The van der Waals surface area contributed by atoms with Crippen LogP contribution in [-0.2, 0) is 17.8 Å². The molecule has 1 heterocycles. The van der Waals surface area contributed by atoms with E-state index in [4.69, 9.17) is 14.2 Å². The summed E-state index contributed by atoms with van der Waals surface area (Å²) in [6, 6.07) is 21.1. The van der Waals surface area contributed by atoms with E-state index in [1.807, 2.05) is 66.7 Å². The largest absolute Gasteiger partial charge is 0.497 e. The predicted molar refractivity (Wildman–Crippen MR) is 117 cm³/mol. The van der Waals surface area contributed by atoms with Crippen molar-refractivity contribution in [2.45, 2.75) is 13.0 Å². The molecule has 154 valence electrons. The average Bonchev–Trinajstić information content (AvgIpc) is 2.79.